The number of carbonyl (C=O) groups is 4. The Labute approximate surface area is 255 Å². The molecule has 4 rings (SSSR count). The van der Waals surface area contributed by atoms with Gasteiger partial charge in [0.1, 0.15) is 5.75 Å². The molecular formula is C32H49N5O6. The van der Waals surface area contributed by atoms with Gasteiger partial charge in [0.15, 0.2) is 6.10 Å². The topological polar surface area (TPSA) is 121 Å². The van der Waals surface area contributed by atoms with Gasteiger partial charge in [-0.05, 0) is 54.3 Å². The van der Waals surface area contributed by atoms with E-state index in [0.717, 1.165) is 38.2 Å². The summed E-state index contributed by atoms with van der Waals surface area (Å²) in [5.74, 6) is 0.675. The maximum Gasteiger partial charge on any atom is 0.254 e. The number of amides is 4. The van der Waals surface area contributed by atoms with Crippen LogP contribution in [0.15, 0.2) is 24.3 Å². The summed E-state index contributed by atoms with van der Waals surface area (Å²) in [6, 6.07) is 8.10. The number of hydrogen-bond donors (Lipinski definition) is 2. The van der Waals surface area contributed by atoms with Gasteiger partial charge in [0.05, 0.1) is 26.8 Å². The van der Waals surface area contributed by atoms with E-state index < -0.39 is 6.10 Å². The zero-order chi connectivity index (χ0) is 31.0. The van der Waals surface area contributed by atoms with Crippen LogP contribution in [0.3, 0.4) is 0 Å². The molecule has 3 saturated heterocycles. The van der Waals surface area contributed by atoms with Crippen molar-refractivity contribution in [1.29, 1.82) is 0 Å². The molecule has 1 aromatic carbocycles. The minimum absolute atomic E-state index is 0.0550. The highest BCUT2D eigenvalue weighted by atomic mass is 16.5. The first-order chi connectivity index (χ1) is 20.5. The molecule has 0 aliphatic carbocycles. The predicted octanol–water partition coefficient (Wildman–Crippen LogP) is 1.65. The average Bonchev–Trinajstić information content (AvgIpc) is 2.96. The van der Waals surface area contributed by atoms with Gasteiger partial charge in [-0.25, -0.2) is 0 Å². The first kappa shape index (κ1) is 32.7. The summed E-state index contributed by atoms with van der Waals surface area (Å²) in [5, 5.41) is 5.87. The highest BCUT2D eigenvalue weighted by molar-refractivity contribution is 5.88. The molecule has 3 atom stereocenters. The number of piperidine rings is 1. The lowest BCUT2D eigenvalue weighted by atomic mass is 9.80. The van der Waals surface area contributed by atoms with E-state index in [4.69, 9.17) is 9.47 Å². The van der Waals surface area contributed by atoms with Crippen molar-refractivity contribution in [2.75, 3.05) is 66.1 Å². The summed E-state index contributed by atoms with van der Waals surface area (Å²) in [6.07, 6.45) is 1.61. The van der Waals surface area contributed by atoms with Crippen LogP contribution in [0.5, 0.6) is 5.75 Å². The molecule has 3 aliphatic heterocycles. The lowest BCUT2D eigenvalue weighted by molar-refractivity contribution is -0.156. The van der Waals surface area contributed by atoms with Crippen molar-refractivity contribution in [1.82, 2.24) is 25.3 Å². The minimum Gasteiger partial charge on any atom is -0.497 e. The Balaban J connectivity index is 1.42. The molecule has 3 fully saturated rings. The molecule has 0 spiro atoms. The van der Waals surface area contributed by atoms with Crippen molar-refractivity contribution in [2.24, 2.45) is 17.3 Å². The number of hydrogen-bond acceptors (Lipinski definition) is 7. The van der Waals surface area contributed by atoms with Crippen molar-refractivity contribution < 1.29 is 28.7 Å². The van der Waals surface area contributed by atoms with Gasteiger partial charge in [0, 0.05) is 52.1 Å². The molecule has 43 heavy (non-hydrogen) atoms. The number of nitrogens with one attached hydrogen (secondary N) is 2. The zero-order valence-electron chi connectivity index (χ0n) is 26.2. The average molecular weight is 600 g/mol. The molecule has 238 valence electrons. The Morgan fingerprint density at radius 1 is 1.12 bits per heavy atom. The fraction of sp³-hybridized carbons (Fsp3) is 0.688. The van der Waals surface area contributed by atoms with Crippen LogP contribution in [0, 0.1) is 17.3 Å². The highest BCUT2D eigenvalue weighted by Gasteiger charge is 2.36. The quantitative estimate of drug-likeness (QED) is 0.489. The smallest absolute Gasteiger partial charge is 0.254 e. The molecule has 2 N–H and O–H groups in total. The molecule has 0 aromatic heterocycles. The van der Waals surface area contributed by atoms with Crippen LogP contribution in [0.1, 0.15) is 52.0 Å². The molecule has 0 radical (unpaired) electrons. The molecule has 3 aliphatic rings. The molecule has 4 amide bonds. The Bertz CT molecular complexity index is 1140. The number of ether oxygens (including phenoxy) is 2. The summed E-state index contributed by atoms with van der Waals surface area (Å²) in [4.78, 5) is 58.0. The molecule has 3 heterocycles. The van der Waals surface area contributed by atoms with Gasteiger partial charge in [-0.15, -0.1) is 0 Å². The number of morpholine rings is 1. The van der Waals surface area contributed by atoms with Crippen LogP contribution in [0.4, 0.5) is 0 Å². The highest BCUT2D eigenvalue weighted by Crippen LogP contribution is 2.31. The molecule has 0 saturated carbocycles. The van der Waals surface area contributed by atoms with Gasteiger partial charge in [-0.3, -0.25) is 24.1 Å². The maximum atomic E-state index is 13.5. The van der Waals surface area contributed by atoms with Gasteiger partial charge < -0.3 is 29.9 Å². The van der Waals surface area contributed by atoms with Crippen LogP contribution in [-0.4, -0.2) is 111 Å². The Morgan fingerprint density at radius 3 is 2.70 bits per heavy atom. The number of fused-ring (bicyclic) bond motifs is 3. The summed E-state index contributed by atoms with van der Waals surface area (Å²) in [6.45, 7) is 10.1. The van der Waals surface area contributed by atoms with E-state index in [0.29, 0.717) is 25.9 Å². The van der Waals surface area contributed by atoms with E-state index in [9.17, 15) is 19.2 Å². The first-order valence-corrected chi connectivity index (χ1v) is 15.6. The van der Waals surface area contributed by atoms with Crippen LogP contribution in [0.25, 0.3) is 0 Å². The summed E-state index contributed by atoms with van der Waals surface area (Å²) >= 11 is 0. The van der Waals surface area contributed by atoms with E-state index in [1.54, 1.807) is 12.0 Å². The zero-order valence-corrected chi connectivity index (χ0v) is 26.2. The van der Waals surface area contributed by atoms with Crippen molar-refractivity contribution in [3.63, 3.8) is 0 Å². The normalized spacial score (nSPS) is 24.6. The molecule has 2 bridgehead atoms. The van der Waals surface area contributed by atoms with E-state index in [2.05, 4.69) is 27.7 Å². The lowest BCUT2D eigenvalue weighted by Gasteiger charge is -2.40. The Hall–Kier alpha value is -3.18. The van der Waals surface area contributed by atoms with Gasteiger partial charge in [0.2, 0.25) is 17.7 Å². The summed E-state index contributed by atoms with van der Waals surface area (Å²) in [5.41, 5.74) is 1.03. The second kappa shape index (κ2) is 15.0. The van der Waals surface area contributed by atoms with E-state index >= 15 is 0 Å². The van der Waals surface area contributed by atoms with Crippen molar-refractivity contribution in [3.8, 4) is 5.75 Å². The molecule has 0 unspecified atom stereocenters. The van der Waals surface area contributed by atoms with Crippen LogP contribution in [-0.2, 0) is 30.5 Å². The van der Waals surface area contributed by atoms with E-state index in [1.165, 1.54) is 10.5 Å². The molecule has 11 heteroatoms. The molecular weight excluding hydrogens is 550 g/mol. The van der Waals surface area contributed by atoms with Crippen molar-refractivity contribution in [3.05, 3.63) is 29.8 Å². The Morgan fingerprint density at radius 2 is 1.93 bits per heavy atom. The van der Waals surface area contributed by atoms with Gasteiger partial charge >= 0.3 is 0 Å². The Kier molecular flexibility index (Phi) is 11.4. The second-order valence-corrected chi connectivity index (χ2v) is 13.3. The number of benzene rings is 1. The van der Waals surface area contributed by atoms with Crippen LogP contribution >= 0.6 is 0 Å². The van der Waals surface area contributed by atoms with Crippen molar-refractivity contribution in [2.45, 2.75) is 59.1 Å². The maximum absolute atomic E-state index is 13.5. The fourth-order valence-corrected chi connectivity index (χ4v) is 6.27. The van der Waals surface area contributed by atoms with Crippen LogP contribution < -0.4 is 15.4 Å². The predicted molar refractivity (Wildman–Crippen MR) is 162 cm³/mol. The summed E-state index contributed by atoms with van der Waals surface area (Å²) < 4.78 is 11.2. The number of methoxy groups -OCH3 is 1. The third-order valence-corrected chi connectivity index (χ3v) is 8.53. The van der Waals surface area contributed by atoms with E-state index in [1.807, 2.05) is 32.9 Å². The summed E-state index contributed by atoms with van der Waals surface area (Å²) in [7, 11) is 1.67. The van der Waals surface area contributed by atoms with Gasteiger partial charge in [-0.1, -0.05) is 32.9 Å². The first-order valence-electron chi connectivity index (χ1n) is 15.6. The van der Waals surface area contributed by atoms with Crippen LogP contribution in [0.2, 0.25) is 0 Å². The monoisotopic (exact) mass is 599 g/mol. The largest absolute Gasteiger partial charge is 0.497 e. The fourth-order valence-electron chi connectivity index (χ4n) is 6.27. The second-order valence-electron chi connectivity index (χ2n) is 13.3. The number of likely N-dealkylation sites (tertiary alicyclic amines) is 1. The van der Waals surface area contributed by atoms with Gasteiger partial charge in [-0.2, -0.15) is 0 Å². The standard InChI is InChI=1S/C32H49N5O6/c1-32(2,3)18-28(38)34-11-13-37-22-29(39)33-10-8-25-20-35(19-23-6-5-7-26(16-23)42-4)12-9-24(25)17-30(40)36-14-15-43-27(21-36)31(37)41/h5-7,16,24-25,27H,8-15,17-22H2,1-4H3,(H,33,39)(H,34,38)/t24-,25-,27-/m0/s1. The number of rotatable bonds is 7. The van der Waals surface area contributed by atoms with Crippen molar-refractivity contribution >= 4 is 23.6 Å². The third kappa shape index (κ3) is 9.92. The molecule has 1 aromatic rings. The van der Waals surface area contributed by atoms with E-state index in [-0.39, 0.29) is 73.7 Å². The number of carbonyl (C=O) groups excluding carboxylic acids is 4. The number of nitrogens with zero attached hydrogens (tertiary/aromatic N) is 3. The third-order valence-electron chi connectivity index (χ3n) is 8.53. The molecule has 11 nitrogen and oxygen atoms in total. The minimum atomic E-state index is -0.834. The lowest BCUT2D eigenvalue weighted by Crippen LogP contribution is -2.55. The van der Waals surface area contributed by atoms with Gasteiger partial charge in [0.25, 0.3) is 5.91 Å². The SMILES string of the molecule is COc1cccc(CN2CC[C@H]3CC(=O)N4CCO[C@@H](C4)C(=O)N(CCNC(=O)CC(C)(C)C)CC(=O)NCC[C@H]3C2)c1.